The molecule has 2 aromatic rings. The Kier molecular flexibility index (Phi) is 5.40. The number of nitrogens with one attached hydrogen (secondary N) is 2. The molecule has 2 aromatic carbocycles. The standard InChI is InChI=1S/C26H26N4O4/c1-3-17-6-4-5-7-22(17)29-12-10-19(11-13-29)26(24(32)27-25(33)28-26)16-30-15-18-14-20(34-2)8-9-21(18)23(30)31/h1,4-9,14,19H,10-13,15-16H2,2H3,(H2,27,28,32,33). The summed E-state index contributed by atoms with van der Waals surface area (Å²) in [6.45, 7) is 1.87. The molecule has 5 rings (SSSR count). The number of carbonyl (C=O) groups is 3. The van der Waals surface area contributed by atoms with Crippen molar-refractivity contribution < 1.29 is 19.1 Å². The smallest absolute Gasteiger partial charge is 0.322 e. The molecule has 0 saturated carbocycles. The molecular weight excluding hydrogens is 432 g/mol. The summed E-state index contributed by atoms with van der Waals surface area (Å²) in [6, 6.07) is 12.6. The van der Waals surface area contributed by atoms with Crippen molar-refractivity contribution >= 4 is 23.5 Å². The van der Waals surface area contributed by atoms with Gasteiger partial charge in [0.2, 0.25) is 0 Å². The second-order valence-corrected chi connectivity index (χ2v) is 8.99. The van der Waals surface area contributed by atoms with Gasteiger partial charge in [0.25, 0.3) is 11.8 Å². The number of imide groups is 1. The highest BCUT2D eigenvalue weighted by atomic mass is 16.5. The molecule has 1 atom stereocenters. The van der Waals surface area contributed by atoms with Gasteiger partial charge in [-0.15, -0.1) is 6.42 Å². The minimum atomic E-state index is -1.17. The SMILES string of the molecule is C#Cc1ccccc1N1CCC(C2(CN3Cc4cc(OC)ccc4C3=O)NC(=O)NC2=O)CC1. The van der Waals surface area contributed by atoms with E-state index in [2.05, 4.69) is 21.5 Å². The highest BCUT2D eigenvalue weighted by molar-refractivity contribution is 6.08. The van der Waals surface area contributed by atoms with Crippen LogP contribution in [-0.2, 0) is 11.3 Å². The summed E-state index contributed by atoms with van der Waals surface area (Å²) in [6.07, 6.45) is 7.03. The molecule has 0 spiro atoms. The van der Waals surface area contributed by atoms with Gasteiger partial charge in [-0.05, 0) is 54.7 Å². The minimum absolute atomic E-state index is 0.117. The number of amides is 4. The molecule has 0 aromatic heterocycles. The number of ether oxygens (including phenoxy) is 1. The number of hydrogen-bond acceptors (Lipinski definition) is 5. The number of benzene rings is 2. The first-order valence-corrected chi connectivity index (χ1v) is 11.4. The van der Waals surface area contributed by atoms with Crippen molar-refractivity contribution in [2.24, 2.45) is 5.92 Å². The number of nitrogens with zero attached hydrogens (tertiary/aromatic N) is 2. The molecule has 8 nitrogen and oxygen atoms in total. The molecule has 0 aliphatic carbocycles. The minimum Gasteiger partial charge on any atom is -0.497 e. The van der Waals surface area contributed by atoms with E-state index in [0.29, 0.717) is 43.8 Å². The van der Waals surface area contributed by atoms with E-state index in [1.165, 1.54) is 0 Å². The van der Waals surface area contributed by atoms with Gasteiger partial charge in [0.05, 0.1) is 19.3 Å². The number of hydrogen-bond donors (Lipinski definition) is 2. The molecule has 0 bridgehead atoms. The zero-order valence-corrected chi connectivity index (χ0v) is 19.0. The van der Waals surface area contributed by atoms with E-state index < -0.39 is 11.6 Å². The van der Waals surface area contributed by atoms with Crippen molar-refractivity contribution in [2.75, 3.05) is 31.6 Å². The summed E-state index contributed by atoms with van der Waals surface area (Å²) >= 11 is 0. The van der Waals surface area contributed by atoms with Gasteiger partial charge in [-0.2, -0.15) is 0 Å². The third kappa shape index (κ3) is 3.54. The molecule has 3 aliphatic rings. The van der Waals surface area contributed by atoms with Crippen LogP contribution in [-0.4, -0.2) is 55.0 Å². The van der Waals surface area contributed by atoms with Crippen molar-refractivity contribution in [1.29, 1.82) is 0 Å². The number of carbonyl (C=O) groups excluding carboxylic acids is 3. The molecule has 8 heteroatoms. The number of methoxy groups -OCH3 is 1. The van der Waals surface area contributed by atoms with Gasteiger partial charge in [0.15, 0.2) is 0 Å². The molecule has 34 heavy (non-hydrogen) atoms. The summed E-state index contributed by atoms with van der Waals surface area (Å²) in [5, 5.41) is 5.30. The maximum absolute atomic E-state index is 13.1. The maximum atomic E-state index is 13.1. The molecule has 174 valence electrons. The second-order valence-electron chi connectivity index (χ2n) is 8.99. The maximum Gasteiger partial charge on any atom is 0.322 e. The fourth-order valence-corrected chi connectivity index (χ4v) is 5.43. The normalized spacial score (nSPS) is 22.3. The molecule has 2 N–H and O–H groups in total. The Morgan fingerprint density at radius 3 is 2.59 bits per heavy atom. The van der Waals surface area contributed by atoms with Gasteiger partial charge >= 0.3 is 6.03 Å². The van der Waals surface area contributed by atoms with E-state index in [1.54, 1.807) is 24.1 Å². The monoisotopic (exact) mass is 458 g/mol. The van der Waals surface area contributed by atoms with Crippen LogP contribution in [0.2, 0.25) is 0 Å². The van der Waals surface area contributed by atoms with Gasteiger partial charge < -0.3 is 19.9 Å². The lowest BCUT2D eigenvalue weighted by Gasteiger charge is -2.43. The molecule has 4 amide bonds. The lowest BCUT2D eigenvalue weighted by atomic mass is 9.77. The first-order chi connectivity index (χ1) is 16.4. The largest absolute Gasteiger partial charge is 0.497 e. The van der Waals surface area contributed by atoms with Crippen LogP contribution in [0, 0.1) is 18.3 Å². The highest BCUT2D eigenvalue weighted by Crippen LogP contribution is 2.36. The molecule has 1 unspecified atom stereocenters. The second kappa shape index (κ2) is 8.41. The number of para-hydroxylation sites is 1. The van der Waals surface area contributed by atoms with Crippen LogP contribution in [0.25, 0.3) is 0 Å². The number of rotatable bonds is 5. The summed E-state index contributed by atoms with van der Waals surface area (Å²) in [4.78, 5) is 42.4. The van der Waals surface area contributed by atoms with Crippen LogP contribution in [0.5, 0.6) is 5.75 Å². The van der Waals surface area contributed by atoms with Crippen molar-refractivity contribution in [2.45, 2.75) is 24.9 Å². The van der Waals surface area contributed by atoms with Crippen LogP contribution < -0.4 is 20.3 Å². The van der Waals surface area contributed by atoms with E-state index in [0.717, 1.165) is 16.8 Å². The Morgan fingerprint density at radius 1 is 1.15 bits per heavy atom. The molecule has 2 saturated heterocycles. The van der Waals surface area contributed by atoms with E-state index in [4.69, 9.17) is 11.2 Å². The average molecular weight is 459 g/mol. The van der Waals surface area contributed by atoms with Crippen LogP contribution in [0.15, 0.2) is 42.5 Å². The summed E-state index contributed by atoms with van der Waals surface area (Å²) < 4.78 is 5.28. The third-order valence-electron chi connectivity index (χ3n) is 7.19. The van der Waals surface area contributed by atoms with Crippen molar-refractivity contribution in [3.63, 3.8) is 0 Å². The third-order valence-corrected chi connectivity index (χ3v) is 7.19. The number of anilines is 1. The van der Waals surface area contributed by atoms with Gasteiger partial charge in [-0.25, -0.2) is 4.79 Å². The van der Waals surface area contributed by atoms with Gasteiger partial charge in [0.1, 0.15) is 11.3 Å². The Labute approximate surface area is 198 Å². The fraction of sp³-hybridized carbons (Fsp3) is 0.346. The summed E-state index contributed by atoms with van der Waals surface area (Å²) in [5.41, 5.74) is 2.11. The first-order valence-electron chi connectivity index (χ1n) is 11.4. The molecule has 2 fully saturated rings. The Hall–Kier alpha value is -3.99. The van der Waals surface area contributed by atoms with Crippen LogP contribution >= 0.6 is 0 Å². The van der Waals surface area contributed by atoms with Crippen molar-refractivity contribution in [1.82, 2.24) is 15.5 Å². The zero-order chi connectivity index (χ0) is 23.9. The fourth-order valence-electron chi connectivity index (χ4n) is 5.43. The number of terminal acetylenes is 1. The van der Waals surface area contributed by atoms with Crippen LogP contribution in [0.4, 0.5) is 10.5 Å². The molecule has 0 radical (unpaired) electrons. The number of fused-ring (bicyclic) bond motifs is 1. The lowest BCUT2D eigenvalue weighted by Crippen LogP contribution is -2.62. The van der Waals surface area contributed by atoms with E-state index in [9.17, 15) is 14.4 Å². The summed E-state index contributed by atoms with van der Waals surface area (Å²) in [5.74, 6) is 2.76. The van der Waals surface area contributed by atoms with Crippen molar-refractivity contribution in [3.05, 3.63) is 59.2 Å². The lowest BCUT2D eigenvalue weighted by molar-refractivity contribution is -0.126. The Bertz CT molecular complexity index is 1210. The number of piperidine rings is 1. The van der Waals surface area contributed by atoms with Crippen LogP contribution in [0.1, 0.15) is 34.3 Å². The van der Waals surface area contributed by atoms with E-state index in [1.807, 2.05) is 30.3 Å². The number of urea groups is 1. The molecule has 3 heterocycles. The Morgan fingerprint density at radius 2 is 1.91 bits per heavy atom. The molecular formula is C26H26N4O4. The van der Waals surface area contributed by atoms with Crippen LogP contribution in [0.3, 0.4) is 0 Å². The van der Waals surface area contributed by atoms with Crippen molar-refractivity contribution in [3.8, 4) is 18.1 Å². The quantitative estimate of drug-likeness (QED) is 0.529. The van der Waals surface area contributed by atoms with E-state index in [-0.39, 0.29) is 24.3 Å². The van der Waals surface area contributed by atoms with Gasteiger partial charge in [-0.3, -0.25) is 14.9 Å². The topological polar surface area (TPSA) is 91.0 Å². The zero-order valence-electron chi connectivity index (χ0n) is 19.0. The molecule has 3 aliphatic heterocycles. The highest BCUT2D eigenvalue weighted by Gasteiger charge is 2.54. The van der Waals surface area contributed by atoms with E-state index >= 15 is 0 Å². The average Bonchev–Trinajstić information content (AvgIpc) is 3.33. The summed E-state index contributed by atoms with van der Waals surface area (Å²) in [7, 11) is 1.58. The van der Waals surface area contributed by atoms with Gasteiger partial charge in [0, 0.05) is 30.8 Å². The predicted molar refractivity (Wildman–Crippen MR) is 126 cm³/mol. The Balaban J connectivity index is 1.37. The predicted octanol–water partition coefficient (Wildman–Crippen LogP) is 2.13. The first kappa shape index (κ1) is 21.8. The van der Waals surface area contributed by atoms with Gasteiger partial charge in [-0.1, -0.05) is 18.1 Å².